The van der Waals surface area contributed by atoms with Gasteiger partial charge in [-0.15, -0.1) is 0 Å². The molecule has 0 aliphatic heterocycles. The smallest absolute Gasteiger partial charge is 0.258 e. The number of carbonyl (C=O) groups is 1. The third-order valence-corrected chi connectivity index (χ3v) is 4.03. The molecule has 3 rings (SSSR count). The van der Waals surface area contributed by atoms with Crippen molar-refractivity contribution in [3.8, 4) is 0 Å². The minimum Gasteiger partial charge on any atom is -0.305 e. The summed E-state index contributed by atoms with van der Waals surface area (Å²) in [6, 6.07) is 12.6. The molecule has 0 aliphatic rings. The van der Waals surface area contributed by atoms with Crippen LogP contribution in [-0.2, 0) is 6.54 Å². The van der Waals surface area contributed by atoms with Crippen LogP contribution in [0.5, 0.6) is 0 Å². The van der Waals surface area contributed by atoms with Crippen molar-refractivity contribution in [2.75, 3.05) is 5.32 Å². The SMILES string of the molecule is O=C(Nc1ccn(Cc2ccc(F)cc2Cl)n1)c1ccccc1Cl. The fourth-order valence-electron chi connectivity index (χ4n) is 2.17. The molecule has 0 saturated heterocycles. The average molecular weight is 364 g/mol. The highest BCUT2D eigenvalue weighted by Gasteiger charge is 2.11. The van der Waals surface area contributed by atoms with Crippen LogP contribution in [0.1, 0.15) is 15.9 Å². The van der Waals surface area contributed by atoms with Crippen LogP contribution in [0.2, 0.25) is 10.0 Å². The zero-order chi connectivity index (χ0) is 17.1. The van der Waals surface area contributed by atoms with Gasteiger partial charge in [0, 0.05) is 17.3 Å². The van der Waals surface area contributed by atoms with Crippen molar-refractivity contribution in [1.82, 2.24) is 9.78 Å². The summed E-state index contributed by atoms with van der Waals surface area (Å²) < 4.78 is 14.7. The Morgan fingerprint density at radius 3 is 2.67 bits per heavy atom. The van der Waals surface area contributed by atoms with E-state index >= 15 is 0 Å². The standard InChI is InChI=1S/C17H12Cl2FN3O/c18-14-4-2-1-3-13(14)17(24)21-16-7-8-23(22-16)10-11-5-6-12(20)9-15(11)19/h1-9H,10H2,(H,21,22,24). The second kappa shape index (κ2) is 7.03. The van der Waals surface area contributed by atoms with E-state index in [1.807, 2.05) is 0 Å². The summed E-state index contributed by atoms with van der Waals surface area (Å²) in [5.41, 5.74) is 1.10. The Morgan fingerprint density at radius 1 is 1.12 bits per heavy atom. The van der Waals surface area contributed by atoms with E-state index in [4.69, 9.17) is 23.2 Å². The van der Waals surface area contributed by atoms with E-state index in [-0.39, 0.29) is 5.91 Å². The van der Waals surface area contributed by atoms with Crippen LogP contribution in [0, 0.1) is 5.82 Å². The zero-order valence-electron chi connectivity index (χ0n) is 12.3. The lowest BCUT2D eigenvalue weighted by molar-refractivity contribution is 0.102. The Morgan fingerprint density at radius 2 is 1.92 bits per heavy atom. The Labute approximate surface area is 147 Å². The first-order valence-corrected chi connectivity index (χ1v) is 7.82. The molecular weight excluding hydrogens is 352 g/mol. The van der Waals surface area contributed by atoms with Gasteiger partial charge in [-0.3, -0.25) is 9.48 Å². The molecule has 4 nitrogen and oxygen atoms in total. The quantitative estimate of drug-likeness (QED) is 0.734. The van der Waals surface area contributed by atoms with Gasteiger partial charge in [-0.25, -0.2) is 4.39 Å². The molecule has 1 heterocycles. The normalized spacial score (nSPS) is 10.6. The van der Waals surface area contributed by atoms with Gasteiger partial charge in [0.1, 0.15) is 5.82 Å². The van der Waals surface area contributed by atoms with Gasteiger partial charge >= 0.3 is 0 Å². The maximum absolute atomic E-state index is 13.1. The fourth-order valence-corrected chi connectivity index (χ4v) is 2.62. The van der Waals surface area contributed by atoms with Gasteiger partial charge < -0.3 is 5.32 Å². The number of hydrogen-bond donors (Lipinski definition) is 1. The molecule has 0 aliphatic carbocycles. The van der Waals surface area contributed by atoms with Crippen LogP contribution in [0.25, 0.3) is 0 Å². The molecule has 7 heteroatoms. The molecule has 0 unspecified atom stereocenters. The molecule has 1 amide bonds. The minimum atomic E-state index is -0.392. The number of carbonyl (C=O) groups excluding carboxylic acids is 1. The van der Waals surface area contributed by atoms with Crippen LogP contribution < -0.4 is 5.32 Å². The van der Waals surface area contributed by atoms with Crippen molar-refractivity contribution >= 4 is 34.9 Å². The first kappa shape index (κ1) is 16.5. The lowest BCUT2D eigenvalue weighted by atomic mass is 10.2. The summed E-state index contributed by atoms with van der Waals surface area (Å²) in [6.07, 6.45) is 1.70. The van der Waals surface area contributed by atoms with Gasteiger partial charge in [0.05, 0.1) is 17.1 Å². The monoisotopic (exact) mass is 363 g/mol. The van der Waals surface area contributed by atoms with Crippen molar-refractivity contribution in [1.29, 1.82) is 0 Å². The zero-order valence-corrected chi connectivity index (χ0v) is 13.9. The number of aromatic nitrogens is 2. The molecule has 122 valence electrons. The Kier molecular flexibility index (Phi) is 4.83. The summed E-state index contributed by atoms with van der Waals surface area (Å²) in [7, 11) is 0. The Bertz CT molecular complexity index is 895. The first-order valence-electron chi connectivity index (χ1n) is 7.06. The number of nitrogens with one attached hydrogen (secondary N) is 1. The van der Waals surface area contributed by atoms with Gasteiger partial charge in [-0.05, 0) is 29.8 Å². The molecule has 1 N–H and O–H groups in total. The van der Waals surface area contributed by atoms with E-state index in [0.29, 0.717) is 28.0 Å². The van der Waals surface area contributed by atoms with E-state index in [9.17, 15) is 9.18 Å². The van der Waals surface area contributed by atoms with Crippen LogP contribution in [0.4, 0.5) is 10.2 Å². The van der Waals surface area contributed by atoms with Crippen LogP contribution in [-0.4, -0.2) is 15.7 Å². The summed E-state index contributed by atoms with van der Waals surface area (Å²) in [5.74, 6) is -0.347. The topological polar surface area (TPSA) is 46.9 Å². The predicted molar refractivity (Wildman–Crippen MR) is 92.1 cm³/mol. The van der Waals surface area contributed by atoms with Crippen LogP contribution in [0.15, 0.2) is 54.7 Å². The predicted octanol–water partition coefficient (Wildman–Crippen LogP) is 4.63. The van der Waals surface area contributed by atoms with Crippen molar-refractivity contribution in [2.45, 2.75) is 6.54 Å². The molecule has 1 aromatic heterocycles. The summed E-state index contributed by atoms with van der Waals surface area (Å²) >= 11 is 12.0. The van der Waals surface area contributed by atoms with Gasteiger partial charge in [-0.2, -0.15) is 5.10 Å². The van der Waals surface area contributed by atoms with Crippen molar-refractivity contribution in [2.24, 2.45) is 0 Å². The van der Waals surface area contributed by atoms with E-state index in [1.165, 1.54) is 12.1 Å². The molecule has 0 atom stereocenters. The lowest BCUT2D eigenvalue weighted by Gasteiger charge is -2.05. The highest BCUT2D eigenvalue weighted by atomic mass is 35.5. The third kappa shape index (κ3) is 3.75. The van der Waals surface area contributed by atoms with E-state index in [1.54, 1.807) is 47.3 Å². The van der Waals surface area contributed by atoms with Gasteiger partial charge in [0.15, 0.2) is 5.82 Å². The largest absolute Gasteiger partial charge is 0.305 e. The van der Waals surface area contributed by atoms with E-state index in [2.05, 4.69) is 10.4 Å². The number of halogens is 3. The molecule has 24 heavy (non-hydrogen) atoms. The molecule has 0 bridgehead atoms. The van der Waals surface area contributed by atoms with Crippen molar-refractivity contribution < 1.29 is 9.18 Å². The number of nitrogens with zero attached hydrogens (tertiary/aromatic N) is 2. The number of rotatable bonds is 4. The Balaban J connectivity index is 1.72. The maximum atomic E-state index is 13.1. The molecular formula is C17H12Cl2FN3O. The molecule has 3 aromatic rings. The second-order valence-corrected chi connectivity index (χ2v) is 5.88. The number of hydrogen-bond acceptors (Lipinski definition) is 2. The molecule has 0 radical (unpaired) electrons. The highest BCUT2D eigenvalue weighted by molar-refractivity contribution is 6.34. The fraction of sp³-hybridized carbons (Fsp3) is 0.0588. The molecule has 0 saturated carbocycles. The molecule has 0 spiro atoms. The summed E-state index contributed by atoms with van der Waals surface area (Å²) in [4.78, 5) is 12.2. The van der Waals surface area contributed by atoms with Gasteiger partial charge in [0.2, 0.25) is 0 Å². The van der Waals surface area contributed by atoms with Crippen molar-refractivity contribution in [3.05, 3.63) is 81.7 Å². The maximum Gasteiger partial charge on any atom is 0.258 e. The second-order valence-electron chi connectivity index (χ2n) is 5.07. The molecule has 0 fully saturated rings. The lowest BCUT2D eigenvalue weighted by Crippen LogP contribution is -2.13. The van der Waals surface area contributed by atoms with Gasteiger partial charge in [-0.1, -0.05) is 41.4 Å². The number of amides is 1. The molecule has 2 aromatic carbocycles. The number of anilines is 1. The van der Waals surface area contributed by atoms with E-state index in [0.717, 1.165) is 5.56 Å². The third-order valence-electron chi connectivity index (χ3n) is 3.35. The number of benzene rings is 2. The first-order chi connectivity index (χ1) is 11.5. The van der Waals surface area contributed by atoms with Crippen LogP contribution in [0.3, 0.4) is 0 Å². The summed E-state index contributed by atoms with van der Waals surface area (Å²) in [5, 5.41) is 7.63. The average Bonchev–Trinajstić information content (AvgIpc) is 2.97. The highest BCUT2D eigenvalue weighted by Crippen LogP contribution is 2.19. The van der Waals surface area contributed by atoms with Crippen LogP contribution >= 0.6 is 23.2 Å². The minimum absolute atomic E-state index is 0.326. The van der Waals surface area contributed by atoms with Gasteiger partial charge in [0.25, 0.3) is 5.91 Å². The summed E-state index contributed by atoms with van der Waals surface area (Å²) in [6.45, 7) is 0.362. The van der Waals surface area contributed by atoms with E-state index < -0.39 is 5.82 Å². The van der Waals surface area contributed by atoms with Crippen molar-refractivity contribution in [3.63, 3.8) is 0 Å². The Hall–Kier alpha value is -2.37.